The first-order valence-corrected chi connectivity index (χ1v) is 10.1. The maximum absolute atomic E-state index is 12.1. The molecule has 0 saturated carbocycles. The number of rotatable bonds is 6. The highest BCUT2D eigenvalue weighted by Gasteiger charge is 2.21. The number of carboxylic acids is 1. The predicted molar refractivity (Wildman–Crippen MR) is 117 cm³/mol. The highest BCUT2D eigenvalue weighted by Crippen LogP contribution is 2.29. The minimum absolute atomic E-state index is 0.105. The number of amides is 1. The molecule has 1 aliphatic heterocycles. The zero-order chi connectivity index (χ0) is 21.0. The lowest BCUT2D eigenvalue weighted by Crippen LogP contribution is -2.46. The molecule has 1 amide bonds. The molecule has 2 aromatic carbocycles. The van der Waals surface area contributed by atoms with Crippen LogP contribution in [0.3, 0.4) is 0 Å². The molecule has 0 aliphatic carbocycles. The van der Waals surface area contributed by atoms with E-state index >= 15 is 0 Å². The topological polar surface area (TPSA) is 72.9 Å². The summed E-state index contributed by atoms with van der Waals surface area (Å²) >= 11 is 6.30. The Kier molecular flexibility index (Phi) is 6.64. The van der Waals surface area contributed by atoms with Gasteiger partial charge in [0.25, 0.3) is 0 Å². The zero-order valence-corrected chi connectivity index (χ0v) is 17.4. The number of nitrogens with one attached hydrogen (secondary N) is 1. The lowest BCUT2D eigenvalue weighted by atomic mass is 10.1. The fraction of sp³-hybridized carbons (Fsp3) is 0.364. The van der Waals surface area contributed by atoms with Crippen molar-refractivity contribution in [3.63, 3.8) is 0 Å². The molecule has 2 N–H and O–H groups in total. The van der Waals surface area contributed by atoms with Crippen molar-refractivity contribution in [1.82, 2.24) is 0 Å². The van der Waals surface area contributed by atoms with Crippen LogP contribution in [0, 0.1) is 5.92 Å². The Morgan fingerprint density at radius 1 is 1.07 bits per heavy atom. The van der Waals surface area contributed by atoms with Gasteiger partial charge in [-0.1, -0.05) is 37.6 Å². The van der Waals surface area contributed by atoms with Crippen molar-refractivity contribution < 1.29 is 14.7 Å². The standard InChI is InChI=1S/C22H26ClN3O3/c1-15(2)13-21(27)24-19-8-7-16(14-17(19)22(28)29)25-9-11-26(12-10-25)20-6-4-3-5-18(20)23/h3-8,14-15H,9-13H2,1-2H3,(H,24,27)(H,28,29). The van der Waals surface area contributed by atoms with Gasteiger partial charge in [-0.3, -0.25) is 4.79 Å². The van der Waals surface area contributed by atoms with Gasteiger partial charge in [0.15, 0.2) is 0 Å². The van der Waals surface area contributed by atoms with Gasteiger partial charge in [0.2, 0.25) is 5.91 Å². The van der Waals surface area contributed by atoms with Crippen LogP contribution in [0.1, 0.15) is 30.6 Å². The molecule has 0 spiro atoms. The number of nitrogens with zero attached hydrogens (tertiary/aromatic N) is 2. The van der Waals surface area contributed by atoms with E-state index in [9.17, 15) is 14.7 Å². The molecule has 1 aliphatic rings. The van der Waals surface area contributed by atoms with Crippen LogP contribution in [0.25, 0.3) is 0 Å². The lowest BCUT2D eigenvalue weighted by molar-refractivity contribution is -0.116. The maximum atomic E-state index is 12.1. The van der Waals surface area contributed by atoms with Crippen molar-refractivity contribution in [3.05, 3.63) is 53.1 Å². The van der Waals surface area contributed by atoms with Gasteiger partial charge in [-0.15, -0.1) is 0 Å². The fourth-order valence-corrected chi connectivity index (χ4v) is 3.76. The van der Waals surface area contributed by atoms with Crippen molar-refractivity contribution in [2.24, 2.45) is 5.92 Å². The van der Waals surface area contributed by atoms with E-state index in [0.717, 1.165) is 42.6 Å². The molecule has 0 unspecified atom stereocenters. The lowest BCUT2D eigenvalue weighted by Gasteiger charge is -2.37. The molecule has 0 radical (unpaired) electrons. The van der Waals surface area contributed by atoms with E-state index in [4.69, 9.17) is 11.6 Å². The Bertz CT molecular complexity index is 893. The summed E-state index contributed by atoms with van der Waals surface area (Å²) in [6.45, 7) is 6.98. The van der Waals surface area contributed by atoms with Gasteiger partial charge in [-0.25, -0.2) is 4.79 Å². The molecule has 1 saturated heterocycles. The molecule has 2 aromatic rings. The number of benzene rings is 2. The number of para-hydroxylation sites is 1. The summed E-state index contributed by atoms with van der Waals surface area (Å²) < 4.78 is 0. The number of hydrogen-bond donors (Lipinski definition) is 2. The monoisotopic (exact) mass is 415 g/mol. The average Bonchev–Trinajstić information content (AvgIpc) is 2.68. The van der Waals surface area contributed by atoms with Gasteiger partial charge < -0.3 is 20.2 Å². The molecule has 29 heavy (non-hydrogen) atoms. The number of carboxylic acid groups (broad SMARTS) is 1. The molecular formula is C22H26ClN3O3. The number of carbonyl (C=O) groups is 2. The van der Waals surface area contributed by atoms with Crippen LogP contribution in [-0.2, 0) is 4.79 Å². The minimum atomic E-state index is -1.05. The first kappa shape index (κ1) is 21.0. The van der Waals surface area contributed by atoms with Crippen LogP contribution in [0.2, 0.25) is 5.02 Å². The molecule has 3 rings (SSSR count). The minimum Gasteiger partial charge on any atom is -0.478 e. The Morgan fingerprint density at radius 2 is 1.72 bits per heavy atom. The molecule has 0 bridgehead atoms. The van der Waals surface area contributed by atoms with Gasteiger partial charge in [-0.2, -0.15) is 0 Å². The first-order valence-electron chi connectivity index (χ1n) is 9.76. The number of aromatic carboxylic acids is 1. The molecule has 0 atom stereocenters. The highest BCUT2D eigenvalue weighted by molar-refractivity contribution is 6.33. The van der Waals surface area contributed by atoms with Gasteiger partial charge in [0.1, 0.15) is 0 Å². The van der Waals surface area contributed by atoms with Crippen molar-refractivity contribution in [2.75, 3.05) is 41.3 Å². The largest absolute Gasteiger partial charge is 0.478 e. The van der Waals surface area contributed by atoms with Crippen molar-refractivity contribution in [2.45, 2.75) is 20.3 Å². The van der Waals surface area contributed by atoms with Gasteiger partial charge in [0, 0.05) is 38.3 Å². The van der Waals surface area contributed by atoms with E-state index in [1.807, 2.05) is 44.2 Å². The third kappa shape index (κ3) is 5.21. The predicted octanol–water partition coefficient (Wildman–Crippen LogP) is 4.35. The van der Waals surface area contributed by atoms with Crippen LogP contribution in [0.4, 0.5) is 17.1 Å². The number of carbonyl (C=O) groups excluding carboxylic acids is 1. The second-order valence-corrected chi connectivity index (χ2v) is 8.01. The average molecular weight is 416 g/mol. The summed E-state index contributed by atoms with van der Waals surface area (Å²) in [4.78, 5) is 28.2. The third-order valence-corrected chi connectivity index (χ3v) is 5.26. The van der Waals surface area contributed by atoms with E-state index in [-0.39, 0.29) is 17.4 Å². The summed E-state index contributed by atoms with van der Waals surface area (Å²) in [5, 5.41) is 13.1. The summed E-state index contributed by atoms with van der Waals surface area (Å²) in [5.41, 5.74) is 2.29. The molecule has 0 aromatic heterocycles. The van der Waals surface area contributed by atoms with Crippen molar-refractivity contribution in [3.8, 4) is 0 Å². The molecule has 6 nitrogen and oxygen atoms in total. The van der Waals surface area contributed by atoms with Crippen LogP contribution in [0.15, 0.2) is 42.5 Å². The highest BCUT2D eigenvalue weighted by atomic mass is 35.5. The van der Waals surface area contributed by atoms with Gasteiger partial charge >= 0.3 is 5.97 Å². The van der Waals surface area contributed by atoms with E-state index in [1.165, 1.54) is 0 Å². The Morgan fingerprint density at radius 3 is 2.34 bits per heavy atom. The Hall–Kier alpha value is -2.73. The molecule has 1 fully saturated rings. The van der Waals surface area contributed by atoms with Crippen LogP contribution >= 0.6 is 11.6 Å². The van der Waals surface area contributed by atoms with Crippen molar-refractivity contribution >= 4 is 40.5 Å². The van der Waals surface area contributed by atoms with Gasteiger partial charge in [-0.05, 0) is 36.2 Å². The molecule has 7 heteroatoms. The Balaban J connectivity index is 1.71. The molecular weight excluding hydrogens is 390 g/mol. The van der Waals surface area contributed by atoms with Gasteiger partial charge in [0.05, 0.1) is 22.0 Å². The third-order valence-electron chi connectivity index (χ3n) is 4.94. The Labute approximate surface area is 176 Å². The second-order valence-electron chi connectivity index (χ2n) is 7.61. The normalized spacial score (nSPS) is 14.2. The van der Waals surface area contributed by atoms with E-state index in [1.54, 1.807) is 12.1 Å². The summed E-state index contributed by atoms with van der Waals surface area (Å²) in [6, 6.07) is 13.0. The number of hydrogen-bond acceptors (Lipinski definition) is 4. The summed E-state index contributed by atoms with van der Waals surface area (Å²) in [6.07, 6.45) is 0.352. The first-order chi connectivity index (χ1) is 13.8. The van der Waals surface area contributed by atoms with Crippen molar-refractivity contribution in [1.29, 1.82) is 0 Å². The summed E-state index contributed by atoms with van der Waals surface area (Å²) in [5.74, 6) is -1.03. The van der Waals surface area contributed by atoms with E-state index in [2.05, 4.69) is 15.1 Å². The van der Waals surface area contributed by atoms with E-state index < -0.39 is 5.97 Å². The fourth-order valence-electron chi connectivity index (χ4n) is 3.50. The smallest absolute Gasteiger partial charge is 0.337 e. The van der Waals surface area contributed by atoms with Crippen LogP contribution in [0.5, 0.6) is 0 Å². The zero-order valence-electron chi connectivity index (χ0n) is 16.7. The molecule has 154 valence electrons. The van der Waals surface area contributed by atoms with E-state index in [0.29, 0.717) is 12.1 Å². The van der Waals surface area contributed by atoms with Crippen LogP contribution < -0.4 is 15.1 Å². The SMILES string of the molecule is CC(C)CC(=O)Nc1ccc(N2CCN(c3ccccc3Cl)CC2)cc1C(=O)O. The number of halogens is 1. The molecule has 1 heterocycles. The summed E-state index contributed by atoms with van der Waals surface area (Å²) in [7, 11) is 0. The maximum Gasteiger partial charge on any atom is 0.337 e. The number of anilines is 3. The second kappa shape index (κ2) is 9.18. The quantitative estimate of drug-likeness (QED) is 0.733. The van der Waals surface area contributed by atoms with Crippen LogP contribution in [-0.4, -0.2) is 43.2 Å². The number of piperazine rings is 1.